The minimum absolute atomic E-state index is 0.184. The van der Waals surface area contributed by atoms with Crippen molar-refractivity contribution >= 4 is 17.2 Å². The first-order valence-corrected chi connectivity index (χ1v) is 9.25. The van der Waals surface area contributed by atoms with E-state index in [1.807, 2.05) is 17.5 Å². The maximum Gasteiger partial charge on any atom is 0.273 e. The van der Waals surface area contributed by atoms with Crippen LogP contribution in [0.25, 0.3) is 0 Å². The molecule has 1 aliphatic carbocycles. The Morgan fingerprint density at radius 1 is 1.42 bits per heavy atom. The summed E-state index contributed by atoms with van der Waals surface area (Å²) in [6.07, 6.45) is 9.87. The molecular weight excluding hydrogens is 322 g/mol. The predicted octanol–water partition coefficient (Wildman–Crippen LogP) is 2.22. The van der Waals surface area contributed by atoms with Crippen LogP contribution in [0.4, 0.5) is 0 Å². The Kier molecular flexibility index (Phi) is 6.14. The number of nitrogens with one attached hydrogen (secondary N) is 2. The molecule has 1 atom stereocenters. The van der Waals surface area contributed by atoms with E-state index in [0.717, 1.165) is 23.9 Å². The highest BCUT2D eigenvalue weighted by molar-refractivity contribution is 7.09. The van der Waals surface area contributed by atoms with E-state index in [4.69, 9.17) is 0 Å². The van der Waals surface area contributed by atoms with E-state index in [1.54, 1.807) is 22.2 Å². The van der Waals surface area contributed by atoms with Crippen LogP contribution in [-0.4, -0.2) is 34.0 Å². The number of aromatic nitrogens is 3. The molecule has 0 saturated heterocycles. The van der Waals surface area contributed by atoms with Crippen LogP contribution in [0, 0.1) is 5.92 Å². The van der Waals surface area contributed by atoms with Crippen molar-refractivity contribution in [3.05, 3.63) is 46.4 Å². The maximum atomic E-state index is 12.0. The molecule has 0 aromatic carbocycles. The number of allylic oxidation sites excluding steroid dienone is 2. The molecule has 1 amide bonds. The lowest BCUT2D eigenvalue weighted by atomic mass is 9.94. The minimum Gasteiger partial charge on any atom is -0.346 e. The second-order valence-corrected chi connectivity index (χ2v) is 7.02. The Hall–Kier alpha value is -1.99. The average Bonchev–Trinajstić information content (AvgIpc) is 3.29. The van der Waals surface area contributed by atoms with Gasteiger partial charge in [-0.25, -0.2) is 0 Å². The normalized spacial score (nSPS) is 17.1. The summed E-state index contributed by atoms with van der Waals surface area (Å²) in [5, 5.41) is 16.3. The van der Waals surface area contributed by atoms with Gasteiger partial charge in [0.1, 0.15) is 0 Å². The summed E-state index contributed by atoms with van der Waals surface area (Å²) in [6.45, 7) is 3.11. The number of nitrogens with zero attached hydrogens (tertiary/aromatic N) is 3. The van der Waals surface area contributed by atoms with Crippen LogP contribution in [0.5, 0.6) is 0 Å². The lowest BCUT2D eigenvalue weighted by Crippen LogP contribution is -2.27. The first-order valence-electron chi connectivity index (χ1n) is 8.37. The van der Waals surface area contributed by atoms with E-state index in [-0.39, 0.29) is 5.91 Å². The minimum atomic E-state index is -0.184. The van der Waals surface area contributed by atoms with Crippen molar-refractivity contribution in [3.63, 3.8) is 0 Å². The van der Waals surface area contributed by atoms with Crippen molar-refractivity contribution in [3.8, 4) is 0 Å². The molecule has 7 heteroatoms. The largest absolute Gasteiger partial charge is 0.346 e. The van der Waals surface area contributed by atoms with Crippen LogP contribution in [0.15, 0.2) is 35.9 Å². The van der Waals surface area contributed by atoms with Gasteiger partial charge in [0.25, 0.3) is 5.91 Å². The molecule has 0 bridgehead atoms. The zero-order chi connectivity index (χ0) is 16.6. The molecule has 2 N–H and O–H groups in total. The van der Waals surface area contributed by atoms with Crippen molar-refractivity contribution in [1.82, 2.24) is 25.6 Å². The van der Waals surface area contributed by atoms with Crippen molar-refractivity contribution in [1.29, 1.82) is 0 Å². The average molecular weight is 345 g/mol. The molecule has 0 spiro atoms. The third-order valence-corrected chi connectivity index (χ3v) is 4.98. The fraction of sp³-hybridized carbons (Fsp3) is 0.471. The van der Waals surface area contributed by atoms with Crippen LogP contribution in [0.2, 0.25) is 0 Å². The van der Waals surface area contributed by atoms with Crippen LogP contribution in [0.3, 0.4) is 0 Å². The lowest BCUT2D eigenvalue weighted by molar-refractivity contribution is 0.0946. The number of carbonyl (C=O) groups is 1. The fourth-order valence-corrected chi connectivity index (χ4v) is 3.37. The number of hydrogen-bond acceptors (Lipinski definition) is 5. The molecule has 128 valence electrons. The molecule has 6 nitrogen and oxygen atoms in total. The van der Waals surface area contributed by atoms with Gasteiger partial charge in [0.15, 0.2) is 5.69 Å². The smallest absolute Gasteiger partial charge is 0.273 e. The topological polar surface area (TPSA) is 71.8 Å². The third kappa shape index (κ3) is 5.01. The van der Waals surface area contributed by atoms with Gasteiger partial charge in [0.05, 0.1) is 19.3 Å². The van der Waals surface area contributed by atoms with E-state index in [9.17, 15) is 4.79 Å². The predicted molar refractivity (Wildman–Crippen MR) is 94.9 cm³/mol. The molecule has 0 fully saturated rings. The van der Waals surface area contributed by atoms with Gasteiger partial charge in [-0.1, -0.05) is 23.4 Å². The van der Waals surface area contributed by atoms with Gasteiger partial charge in [-0.3, -0.25) is 9.48 Å². The lowest BCUT2D eigenvalue weighted by Gasteiger charge is -2.17. The van der Waals surface area contributed by atoms with E-state index in [0.29, 0.717) is 18.8 Å². The van der Waals surface area contributed by atoms with Crippen LogP contribution < -0.4 is 10.6 Å². The van der Waals surface area contributed by atoms with E-state index in [1.165, 1.54) is 19.3 Å². The Morgan fingerprint density at radius 3 is 3.17 bits per heavy atom. The van der Waals surface area contributed by atoms with Gasteiger partial charge >= 0.3 is 0 Å². The molecule has 24 heavy (non-hydrogen) atoms. The monoisotopic (exact) mass is 345 g/mol. The van der Waals surface area contributed by atoms with Gasteiger partial charge in [0.2, 0.25) is 0 Å². The van der Waals surface area contributed by atoms with Gasteiger partial charge in [-0.15, -0.1) is 16.4 Å². The Labute approximate surface area is 146 Å². The molecule has 0 unspecified atom stereocenters. The van der Waals surface area contributed by atoms with Gasteiger partial charge in [-0.2, -0.15) is 0 Å². The van der Waals surface area contributed by atoms with Gasteiger partial charge < -0.3 is 10.6 Å². The second-order valence-electron chi connectivity index (χ2n) is 5.98. The summed E-state index contributed by atoms with van der Waals surface area (Å²) in [5.41, 5.74) is 0.365. The number of thiophene rings is 1. The SMILES string of the molecule is O=C(NCc1cccs1)c1cn(CCNC[C@@H]2CC=CCC2)nn1. The first-order chi connectivity index (χ1) is 11.8. The first kappa shape index (κ1) is 16.9. The van der Waals surface area contributed by atoms with E-state index < -0.39 is 0 Å². The number of amides is 1. The Bertz CT molecular complexity index is 664. The van der Waals surface area contributed by atoms with Crippen molar-refractivity contribution in [2.24, 2.45) is 5.92 Å². The molecular formula is C17H23N5OS. The molecule has 1 aliphatic rings. The quantitative estimate of drug-likeness (QED) is 0.568. The number of hydrogen-bond donors (Lipinski definition) is 2. The summed E-state index contributed by atoms with van der Waals surface area (Å²) in [7, 11) is 0. The third-order valence-electron chi connectivity index (χ3n) is 4.10. The van der Waals surface area contributed by atoms with E-state index in [2.05, 4.69) is 33.1 Å². The highest BCUT2D eigenvalue weighted by Crippen LogP contribution is 2.16. The molecule has 3 rings (SSSR count). The van der Waals surface area contributed by atoms with Crippen LogP contribution in [-0.2, 0) is 13.1 Å². The summed E-state index contributed by atoms with van der Waals surface area (Å²) in [5.74, 6) is 0.556. The van der Waals surface area contributed by atoms with Crippen molar-refractivity contribution in [2.45, 2.75) is 32.4 Å². The van der Waals surface area contributed by atoms with Crippen molar-refractivity contribution < 1.29 is 4.79 Å². The fourth-order valence-electron chi connectivity index (χ4n) is 2.72. The maximum absolute atomic E-state index is 12.0. The highest BCUT2D eigenvalue weighted by atomic mass is 32.1. The molecule has 0 aliphatic heterocycles. The summed E-state index contributed by atoms with van der Waals surface area (Å²) in [6, 6.07) is 3.97. The van der Waals surface area contributed by atoms with Crippen molar-refractivity contribution in [2.75, 3.05) is 13.1 Å². The van der Waals surface area contributed by atoms with Crippen LogP contribution >= 0.6 is 11.3 Å². The molecule has 2 aromatic heterocycles. The Morgan fingerprint density at radius 2 is 2.38 bits per heavy atom. The molecule has 0 radical (unpaired) electrons. The van der Waals surface area contributed by atoms with Gasteiger partial charge in [-0.05, 0) is 43.2 Å². The number of carbonyl (C=O) groups excluding carboxylic acids is 1. The number of rotatable bonds is 8. The summed E-state index contributed by atoms with van der Waals surface area (Å²) in [4.78, 5) is 13.2. The highest BCUT2D eigenvalue weighted by Gasteiger charge is 2.11. The molecule has 2 aromatic rings. The zero-order valence-corrected chi connectivity index (χ0v) is 14.5. The zero-order valence-electron chi connectivity index (χ0n) is 13.6. The van der Waals surface area contributed by atoms with E-state index >= 15 is 0 Å². The summed E-state index contributed by atoms with van der Waals surface area (Å²) < 4.78 is 1.72. The molecule has 0 saturated carbocycles. The van der Waals surface area contributed by atoms with Gasteiger partial charge in [0, 0.05) is 11.4 Å². The standard InChI is InChI=1S/C17H23N5OS/c23-17(19-12-15-7-4-10-24-15)16-13-22(21-20-16)9-8-18-11-14-5-2-1-3-6-14/h1-2,4,7,10,13-14,18H,3,5-6,8-9,11-12H2,(H,19,23)/t14-/m1/s1. The summed E-state index contributed by atoms with van der Waals surface area (Å²) >= 11 is 1.62. The van der Waals surface area contributed by atoms with Crippen LogP contribution in [0.1, 0.15) is 34.6 Å². The second kappa shape index (κ2) is 8.75. The molecule has 2 heterocycles. The Balaban J connectivity index is 1.36.